The van der Waals surface area contributed by atoms with Crippen molar-refractivity contribution in [1.29, 1.82) is 0 Å². The first-order valence-corrected chi connectivity index (χ1v) is 7.78. The number of nitrogens with one attached hydrogen (secondary N) is 1. The first-order chi connectivity index (χ1) is 8.97. The van der Waals surface area contributed by atoms with Gasteiger partial charge in [0.15, 0.2) is 0 Å². The van der Waals surface area contributed by atoms with Crippen LogP contribution in [-0.4, -0.2) is 5.91 Å². The summed E-state index contributed by atoms with van der Waals surface area (Å²) >= 11 is 10.9. The minimum atomic E-state index is -0.109. The molecule has 0 bridgehead atoms. The molecule has 0 fully saturated rings. The van der Waals surface area contributed by atoms with Crippen molar-refractivity contribution >= 4 is 44.8 Å². The van der Waals surface area contributed by atoms with Crippen molar-refractivity contribution in [2.75, 3.05) is 0 Å². The summed E-state index contributed by atoms with van der Waals surface area (Å²) in [4.78, 5) is 14.6. The Hall–Kier alpha value is -0.840. The normalized spacial score (nSPS) is 12.2. The largest absolute Gasteiger partial charge is 0.345 e. The van der Waals surface area contributed by atoms with Gasteiger partial charge in [0.2, 0.25) is 0 Å². The predicted molar refractivity (Wildman–Crippen MR) is 84.1 cm³/mol. The Morgan fingerprint density at radius 2 is 2.11 bits per heavy atom. The third-order valence-electron chi connectivity index (χ3n) is 2.71. The highest BCUT2D eigenvalue weighted by Gasteiger charge is 2.15. The van der Waals surface area contributed by atoms with Crippen LogP contribution in [0.4, 0.5) is 0 Å². The molecule has 1 aromatic carbocycles. The van der Waals surface area contributed by atoms with E-state index >= 15 is 0 Å². The Labute approximate surface area is 129 Å². The smallest absolute Gasteiger partial charge is 0.252 e. The van der Waals surface area contributed by atoms with Crippen LogP contribution in [0.25, 0.3) is 0 Å². The number of hydrogen-bond donors (Lipinski definition) is 1. The lowest BCUT2D eigenvalue weighted by Crippen LogP contribution is -2.26. The van der Waals surface area contributed by atoms with E-state index in [0.717, 1.165) is 4.88 Å². The van der Waals surface area contributed by atoms with E-state index in [9.17, 15) is 4.79 Å². The molecule has 2 nitrogen and oxygen atoms in total. The number of rotatable bonds is 3. The van der Waals surface area contributed by atoms with Gasteiger partial charge in [-0.05, 0) is 60.1 Å². The number of aryl methyl sites for hydroxylation is 1. The molecular formula is C14H13BrClNOS. The van der Waals surface area contributed by atoms with Gasteiger partial charge in [0.25, 0.3) is 5.91 Å². The minimum Gasteiger partial charge on any atom is -0.345 e. The zero-order valence-electron chi connectivity index (χ0n) is 10.5. The lowest BCUT2D eigenvalue weighted by molar-refractivity contribution is 0.0939. The lowest BCUT2D eigenvalue weighted by atomic mass is 10.2. The summed E-state index contributed by atoms with van der Waals surface area (Å²) in [6, 6.07) is 9.24. The highest BCUT2D eigenvalue weighted by Crippen LogP contribution is 2.25. The maximum atomic E-state index is 12.2. The second-order valence-corrected chi connectivity index (χ2v) is 6.88. The van der Waals surface area contributed by atoms with E-state index in [1.54, 1.807) is 29.5 Å². The maximum absolute atomic E-state index is 12.2. The van der Waals surface area contributed by atoms with Crippen LogP contribution < -0.4 is 5.32 Å². The molecule has 1 heterocycles. The van der Waals surface area contributed by atoms with Crippen molar-refractivity contribution < 1.29 is 4.79 Å². The molecule has 0 saturated heterocycles. The fraction of sp³-hybridized carbons (Fsp3) is 0.214. The van der Waals surface area contributed by atoms with Crippen molar-refractivity contribution in [2.45, 2.75) is 19.9 Å². The molecule has 0 aliphatic heterocycles. The van der Waals surface area contributed by atoms with Crippen LogP contribution in [0.15, 0.2) is 34.8 Å². The summed E-state index contributed by atoms with van der Waals surface area (Å²) < 4.78 is 0.701. The molecule has 0 saturated carbocycles. The topological polar surface area (TPSA) is 29.1 Å². The fourth-order valence-corrected chi connectivity index (χ4v) is 3.45. The highest BCUT2D eigenvalue weighted by atomic mass is 79.9. The van der Waals surface area contributed by atoms with Crippen LogP contribution >= 0.6 is 38.9 Å². The van der Waals surface area contributed by atoms with Crippen LogP contribution in [0.1, 0.15) is 33.1 Å². The number of carbonyl (C=O) groups is 1. The Kier molecular flexibility index (Phi) is 4.66. The number of thiophene rings is 1. The second kappa shape index (κ2) is 6.07. The first-order valence-electron chi connectivity index (χ1n) is 5.79. The summed E-state index contributed by atoms with van der Waals surface area (Å²) in [5.74, 6) is -0.109. The SMILES string of the molecule is Cc1ccc(C(C)NC(=O)c2ccc(Cl)cc2Br)s1. The fourth-order valence-electron chi connectivity index (χ4n) is 1.71. The number of benzene rings is 1. The molecule has 1 unspecified atom stereocenters. The van der Waals surface area contributed by atoms with Crippen molar-refractivity contribution in [2.24, 2.45) is 0 Å². The molecular weight excluding hydrogens is 346 g/mol. The zero-order chi connectivity index (χ0) is 14.0. The van der Waals surface area contributed by atoms with Gasteiger partial charge in [-0.3, -0.25) is 4.79 Å². The summed E-state index contributed by atoms with van der Waals surface area (Å²) in [6.45, 7) is 4.03. The van der Waals surface area contributed by atoms with Crippen LogP contribution in [0.5, 0.6) is 0 Å². The molecule has 2 aromatic rings. The van der Waals surface area contributed by atoms with E-state index in [-0.39, 0.29) is 11.9 Å². The highest BCUT2D eigenvalue weighted by molar-refractivity contribution is 9.10. The van der Waals surface area contributed by atoms with Gasteiger partial charge in [0.1, 0.15) is 0 Å². The van der Waals surface area contributed by atoms with Crippen molar-refractivity contribution in [3.8, 4) is 0 Å². The molecule has 19 heavy (non-hydrogen) atoms. The van der Waals surface area contributed by atoms with E-state index < -0.39 is 0 Å². The van der Waals surface area contributed by atoms with Gasteiger partial charge >= 0.3 is 0 Å². The average Bonchev–Trinajstić information content (AvgIpc) is 2.75. The molecule has 0 aliphatic rings. The van der Waals surface area contributed by atoms with Crippen LogP contribution in [0, 0.1) is 6.92 Å². The third kappa shape index (κ3) is 3.59. The molecule has 0 spiro atoms. The van der Waals surface area contributed by atoms with E-state index in [4.69, 9.17) is 11.6 Å². The lowest BCUT2D eigenvalue weighted by Gasteiger charge is -2.13. The number of amides is 1. The molecule has 100 valence electrons. The van der Waals surface area contributed by atoms with Crippen LogP contribution in [-0.2, 0) is 0 Å². The average molecular weight is 359 g/mol. The van der Waals surface area contributed by atoms with Crippen LogP contribution in [0.3, 0.4) is 0 Å². The Morgan fingerprint density at radius 1 is 1.37 bits per heavy atom. The van der Waals surface area contributed by atoms with Crippen LogP contribution in [0.2, 0.25) is 5.02 Å². The van der Waals surface area contributed by atoms with E-state index in [2.05, 4.69) is 34.2 Å². The molecule has 1 aromatic heterocycles. The Balaban J connectivity index is 2.12. The summed E-state index contributed by atoms with van der Waals surface area (Å²) in [6.07, 6.45) is 0. The molecule has 5 heteroatoms. The standard InChI is InChI=1S/C14H13BrClNOS/c1-8-3-6-13(19-8)9(2)17-14(18)11-5-4-10(16)7-12(11)15/h3-7,9H,1-2H3,(H,17,18). The second-order valence-electron chi connectivity index (χ2n) is 4.27. The molecule has 2 rings (SSSR count). The maximum Gasteiger partial charge on any atom is 0.252 e. The Morgan fingerprint density at radius 3 is 2.68 bits per heavy atom. The monoisotopic (exact) mass is 357 g/mol. The van der Waals surface area contributed by atoms with Crippen molar-refractivity contribution in [1.82, 2.24) is 5.32 Å². The quantitative estimate of drug-likeness (QED) is 0.825. The van der Waals surface area contributed by atoms with E-state index in [1.807, 2.05) is 13.0 Å². The number of halogens is 2. The predicted octanol–water partition coefficient (Wildman–Crippen LogP) is 4.96. The van der Waals surface area contributed by atoms with E-state index in [0.29, 0.717) is 15.1 Å². The molecule has 1 N–H and O–H groups in total. The molecule has 0 radical (unpaired) electrons. The van der Waals surface area contributed by atoms with E-state index in [1.165, 1.54) is 4.88 Å². The summed E-state index contributed by atoms with van der Waals surface area (Å²) in [5, 5.41) is 3.59. The molecule has 0 aliphatic carbocycles. The number of hydrogen-bond acceptors (Lipinski definition) is 2. The van der Waals surface area contributed by atoms with Gasteiger partial charge in [0, 0.05) is 19.2 Å². The van der Waals surface area contributed by atoms with Gasteiger partial charge in [-0.1, -0.05) is 11.6 Å². The van der Waals surface area contributed by atoms with Gasteiger partial charge in [0.05, 0.1) is 11.6 Å². The van der Waals surface area contributed by atoms with Gasteiger partial charge < -0.3 is 5.32 Å². The van der Waals surface area contributed by atoms with Gasteiger partial charge in [-0.2, -0.15) is 0 Å². The first kappa shape index (κ1) is 14.6. The van der Waals surface area contributed by atoms with Gasteiger partial charge in [-0.15, -0.1) is 11.3 Å². The summed E-state index contributed by atoms with van der Waals surface area (Å²) in [7, 11) is 0. The van der Waals surface area contributed by atoms with Crippen molar-refractivity contribution in [3.63, 3.8) is 0 Å². The number of carbonyl (C=O) groups excluding carboxylic acids is 1. The summed E-state index contributed by atoms with van der Waals surface area (Å²) in [5.41, 5.74) is 0.588. The Bertz CT molecular complexity index is 611. The zero-order valence-corrected chi connectivity index (χ0v) is 13.7. The third-order valence-corrected chi connectivity index (χ3v) is 4.79. The minimum absolute atomic E-state index is 0.00576. The molecule has 1 amide bonds. The van der Waals surface area contributed by atoms with Gasteiger partial charge in [-0.25, -0.2) is 0 Å². The van der Waals surface area contributed by atoms with Crippen molar-refractivity contribution in [3.05, 3.63) is 55.1 Å². The molecule has 1 atom stereocenters.